The van der Waals surface area contributed by atoms with Crippen LogP contribution in [0.4, 0.5) is 13.2 Å². The maximum Gasteiger partial charge on any atom is 0.522 e. The number of aromatic nitrogens is 3. The van der Waals surface area contributed by atoms with Gasteiger partial charge in [-0.15, -0.1) is 24.5 Å². The number of nitrogens with zero attached hydrogens (tertiary/aromatic N) is 4. The lowest BCUT2D eigenvalue weighted by atomic mass is 9.90. The second kappa shape index (κ2) is 12.9. The number of rotatable bonds is 8. The molecule has 3 aromatic heterocycles. The number of benzene rings is 1. The molecule has 1 fully saturated rings. The van der Waals surface area contributed by atoms with Crippen molar-refractivity contribution in [1.82, 2.24) is 19.4 Å². The van der Waals surface area contributed by atoms with E-state index < -0.39 is 24.5 Å². The van der Waals surface area contributed by atoms with Crippen molar-refractivity contribution in [2.24, 2.45) is 0 Å². The van der Waals surface area contributed by atoms with E-state index in [1.165, 1.54) is 15.9 Å². The number of fused-ring (bicyclic) bond motifs is 2. The Hall–Kier alpha value is -3.52. The summed E-state index contributed by atoms with van der Waals surface area (Å²) in [5.74, 6) is -0.0566. The van der Waals surface area contributed by atoms with Crippen LogP contribution in [0.1, 0.15) is 53.8 Å². The van der Waals surface area contributed by atoms with Gasteiger partial charge in [-0.3, -0.25) is 24.0 Å². The molecule has 2 aliphatic rings. The number of aromatic carboxylic acids is 1. The summed E-state index contributed by atoms with van der Waals surface area (Å²) in [6.07, 6.45) is -4.35. The lowest BCUT2D eigenvalue weighted by molar-refractivity contribution is -0.346. The Labute approximate surface area is 273 Å². The highest BCUT2D eigenvalue weighted by Gasteiger charge is 2.37. The van der Waals surface area contributed by atoms with E-state index in [1.807, 2.05) is 11.0 Å². The number of pyridine rings is 1. The van der Waals surface area contributed by atoms with Crippen LogP contribution >= 0.6 is 22.9 Å². The smallest absolute Gasteiger partial charge is 0.491 e. The van der Waals surface area contributed by atoms with Crippen LogP contribution in [0.15, 0.2) is 34.4 Å². The van der Waals surface area contributed by atoms with Crippen molar-refractivity contribution in [3.63, 3.8) is 0 Å². The first-order chi connectivity index (χ1) is 22.2. The van der Waals surface area contributed by atoms with E-state index in [4.69, 9.17) is 16.3 Å². The summed E-state index contributed by atoms with van der Waals surface area (Å²) in [6.45, 7) is 4.35. The van der Waals surface area contributed by atoms with E-state index in [0.29, 0.717) is 62.2 Å². The molecule has 1 aliphatic heterocycles. The lowest BCUT2D eigenvalue weighted by Crippen LogP contribution is -2.48. The fourth-order valence-corrected chi connectivity index (χ4v) is 7.47. The Balaban J connectivity index is 1.20. The van der Waals surface area contributed by atoms with E-state index in [-0.39, 0.29) is 56.6 Å². The molecule has 244 valence electrons. The molecule has 0 radical (unpaired) electrons. The molecule has 4 heterocycles. The number of piperidine rings is 1. The van der Waals surface area contributed by atoms with Crippen LogP contribution in [0.25, 0.3) is 21.3 Å². The van der Waals surface area contributed by atoms with Gasteiger partial charge < -0.3 is 9.84 Å². The van der Waals surface area contributed by atoms with Gasteiger partial charge in [-0.1, -0.05) is 11.6 Å². The van der Waals surface area contributed by atoms with Gasteiger partial charge in [-0.2, -0.15) is 0 Å². The van der Waals surface area contributed by atoms with Crippen LogP contribution in [0.3, 0.4) is 0 Å². The van der Waals surface area contributed by atoms with Gasteiger partial charge in [-0.05, 0) is 70.2 Å². The van der Waals surface area contributed by atoms with E-state index in [9.17, 15) is 29.2 Å². The molecular formula is C32H32ClF3N4O5S. The van der Waals surface area contributed by atoms with Crippen molar-refractivity contribution in [3.05, 3.63) is 73.4 Å². The van der Waals surface area contributed by atoms with Gasteiger partial charge in [0.25, 0.3) is 5.56 Å². The SMILES string of the molecule is [2H][C@]1(N2CCC(OC(F)(F)F)CC2)CCc2nc(C)n(CCOc3ccc(Cl)cc3-c3cc(C)nc4c(C(=O)O)csc34)c(=O)c2C1. The Morgan fingerprint density at radius 3 is 2.65 bits per heavy atom. The molecule has 0 saturated carbocycles. The molecule has 0 unspecified atom stereocenters. The zero-order valence-corrected chi connectivity index (χ0v) is 26.7. The summed E-state index contributed by atoms with van der Waals surface area (Å²) < 4.78 is 59.9. The molecule has 1 aliphatic carbocycles. The largest absolute Gasteiger partial charge is 0.522 e. The average molecular weight is 678 g/mol. The summed E-state index contributed by atoms with van der Waals surface area (Å²) in [5, 5.41) is 11.7. The van der Waals surface area contributed by atoms with Crippen LogP contribution in [-0.4, -0.2) is 68.7 Å². The van der Waals surface area contributed by atoms with Gasteiger partial charge in [0.2, 0.25) is 0 Å². The molecule has 1 aromatic carbocycles. The third-order valence-corrected chi connectivity index (χ3v) is 9.68. The molecule has 0 spiro atoms. The van der Waals surface area contributed by atoms with Crippen molar-refractivity contribution < 1.29 is 33.9 Å². The molecule has 6 rings (SSSR count). The second-order valence-electron chi connectivity index (χ2n) is 11.5. The maximum absolute atomic E-state index is 13.8. The zero-order chi connectivity index (χ0) is 33.7. The summed E-state index contributed by atoms with van der Waals surface area (Å²) in [4.78, 5) is 36.6. The lowest BCUT2D eigenvalue weighted by Gasteiger charge is -2.39. The van der Waals surface area contributed by atoms with Crippen molar-refractivity contribution in [2.45, 2.75) is 71.0 Å². The van der Waals surface area contributed by atoms with Gasteiger partial charge in [0.15, 0.2) is 0 Å². The zero-order valence-electron chi connectivity index (χ0n) is 26.1. The van der Waals surface area contributed by atoms with Gasteiger partial charge >= 0.3 is 12.3 Å². The normalized spacial score (nSPS) is 19.7. The molecule has 1 atom stereocenters. The fraction of sp³-hybridized carbons (Fsp3) is 0.438. The number of alkyl halides is 3. The first-order valence-electron chi connectivity index (χ1n) is 15.4. The van der Waals surface area contributed by atoms with Gasteiger partial charge in [-0.25, -0.2) is 9.78 Å². The van der Waals surface area contributed by atoms with Gasteiger partial charge in [0, 0.05) is 53.3 Å². The minimum absolute atomic E-state index is 0.104. The Morgan fingerprint density at radius 2 is 1.93 bits per heavy atom. The number of aryl methyl sites for hydroxylation is 3. The van der Waals surface area contributed by atoms with Gasteiger partial charge in [0.1, 0.15) is 18.2 Å². The fourth-order valence-electron chi connectivity index (χ4n) is 6.28. The number of carboxylic acid groups (broad SMARTS) is 1. The predicted octanol–water partition coefficient (Wildman–Crippen LogP) is 6.43. The molecule has 9 nitrogen and oxygen atoms in total. The molecule has 1 saturated heterocycles. The topological polar surface area (TPSA) is 107 Å². The minimum Gasteiger partial charge on any atom is -0.491 e. The Bertz CT molecular complexity index is 1910. The van der Waals surface area contributed by atoms with Crippen LogP contribution in [0.5, 0.6) is 5.75 Å². The number of carbonyl (C=O) groups is 1. The van der Waals surface area contributed by atoms with Crippen LogP contribution < -0.4 is 10.3 Å². The molecule has 46 heavy (non-hydrogen) atoms. The quantitative estimate of drug-likeness (QED) is 0.228. The number of hydrogen-bond acceptors (Lipinski definition) is 8. The minimum atomic E-state index is -4.69. The first-order valence-corrected chi connectivity index (χ1v) is 16.1. The highest BCUT2D eigenvalue weighted by Crippen LogP contribution is 2.40. The summed E-state index contributed by atoms with van der Waals surface area (Å²) in [6, 6.07) is 5.88. The monoisotopic (exact) mass is 677 g/mol. The second-order valence-corrected chi connectivity index (χ2v) is 12.8. The third-order valence-electron chi connectivity index (χ3n) is 8.45. The standard InChI is InChI=1S/C32H32ClF3N4O5S/c1-17-13-23(29-28(37-17)25(16-46-29)31(42)43)22-14-19(33)3-6-27(22)44-12-11-40-18(2)38-26-5-4-20(15-24(26)30(40)41)39-9-7-21(8-10-39)45-32(34,35)36/h3,6,13-14,16,20-21H,4-5,7-12,15H2,1-2H3,(H,42,43)/t20-/m0/s1/i20D. The number of likely N-dealkylation sites (tertiary alicyclic amines) is 1. The Kier molecular flexibility index (Phi) is 8.75. The van der Waals surface area contributed by atoms with Crippen molar-refractivity contribution in [3.8, 4) is 16.9 Å². The molecule has 0 bridgehead atoms. The average Bonchev–Trinajstić information content (AvgIpc) is 3.43. The van der Waals surface area contributed by atoms with Crippen LogP contribution in [0, 0.1) is 13.8 Å². The summed E-state index contributed by atoms with van der Waals surface area (Å²) in [7, 11) is 0. The predicted molar refractivity (Wildman–Crippen MR) is 168 cm³/mol. The maximum atomic E-state index is 13.8. The van der Waals surface area contributed by atoms with E-state index in [0.717, 1.165) is 5.56 Å². The van der Waals surface area contributed by atoms with E-state index in [1.54, 1.807) is 37.4 Å². The highest BCUT2D eigenvalue weighted by molar-refractivity contribution is 7.18. The first kappa shape index (κ1) is 31.1. The highest BCUT2D eigenvalue weighted by atomic mass is 35.5. The Morgan fingerprint density at radius 1 is 1.17 bits per heavy atom. The molecule has 14 heteroatoms. The van der Waals surface area contributed by atoms with E-state index in [2.05, 4.69) is 14.7 Å². The van der Waals surface area contributed by atoms with Crippen molar-refractivity contribution in [2.75, 3.05) is 19.7 Å². The van der Waals surface area contributed by atoms with Crippen molar-refractivity contribution >= 4 is 39.1 Å². The molecule has 4 aromatic rings. The summed E-state index contributed by atoms with van der Waals surface area (Å²) >= 11 is 7.65. The number of hydrogen-bond donors (Lipinski definition) is 1. The molecule has 0 amide bonds. The van der Waals surface area contributed by atoms with Gasteiger partial charge in [0.05, 0.1) is 34.1 Å². The summed E-state index contributed by atoms with van der Waals surface area (Å²) in [5.41, 5.74) is 3.35. The van der Waals surface area contributed by atoms with Crippen molar-refractivity contribution in [1.29, 1.82) is 0 Å². The van der Waals surface area contributed by atoms with Crippen LogP contribution in [-0.2, 0) is 24.1 Å². The van der Waals surface area contributed by atoms with E-state index >= 15 is 0 Å². The van der Waals surface area contributed by atoms with Crippen LogP contribution in [0.2, 0.25) is 5.02 Å². The number of carboxylic acids is 1. The number of ether oxygens (including phenoxy) is 2. The number of thiophene rings is 1. The molecule has 1 N–H and O–H groups in total. The third kappa shape index (κ3) is 6.78. The number of halogens is 4. The molecular weight excluding hydrogens is 645 g/mol.